The molecule has 4 rings (SSSR count). The minimum absolute atomic E-state index is 0.117. The van der Waals surface area contributed by atoms with Crippen molar-refractivity contribution in [2.75, 3.05) is 31.6 Å². The summed E-state index contributed by atoms with van der Waals surface area (Å²) in [4.78, 5) is 26.5. The number of ether oxygens (including phenoxy) is 1. The molecule has 0 spiro atoms. The Morgan fingerprint density at radius 3 is 2.69 bits per heavy atom. The van der Waals surface area contributed by atoms with Crippen molar-refractivity contribution in [3.63, 3.8) is 0 Å². The average molecular weight is 491 g/mol. The smallest absolute Gasteiger partial charge is 0.335 e. The van der Waals surface area contributed by atoms with Crippen LogP contribution in [0.25, 0.3) is 5.70 Å². The van der Waals surface area contributed by atoms with Crippen LogP contribution in [0.3, 0.4) is 0 Å². The number of hydrogen-bond donors (Lipinski definition) is 4. The van der Waals surface area contributed by atoms with Gasteiger partial charge in [0.15, 0.2) is 0 Å². The molecule has 0 bridgehead atoms. The molecule has 5 N–H and O–H groups in total. The fraction of sp³-hybridized carbons (Fsp3) is 0.370. The Bertz CT molecular complexity index is 1290. The summed E-state index contributed by atoms with van der Waals surface area (Å²) in [6.45, 7) is 2.52. The van der Waals surface area contributed by atoms with Crippen LogP contribution in [0.2, 0.25) is 0 Å². The lowest BCUT2D eigenvalue weighted by molar-refractivity contribution is 0.284. The monoisotopic (exact) mass is 490 g/mol. The number of anilines is 1. The van der Waals surface area contributed by atoms with Gasteiger partial charge in [-0.25, -0.2) is 4.79 Å². The first-order chi connectivity index (χ1) is 17.5. The standard InChI is InChI=1S/C27H34N6O3/c28-25(29)22-8-6-21(7-9-22)18-30-14-15-32-26(34)24(31-13-10-20-11-16-36-17-12-20)19-33(27(32)35)23-4-2-1-3-5-23/h2,4-6,8,11-12,16,19,30-31H,1,3,7,9-10,13-15,17-18H2,(H3,28,29). The van der Waals surface area contributed by atoms with Crippen LogP contribution in [0.15, 0.2) is 81.3 Å². The van der Waals surface area contributed by atoms with Crippen molar-refractivity contribution in [3.8, 4) is 0 Å². The number of aromatic nitrogens is 2. The lowest BCUT2D eigenvalue weighted by Gasteiger charge is -2.17. The topological polar surface area (TPSA) is 127 Å². The fourth-order valence-electron chi connectivity index (χ4n) is 4.32. The fourth-order valence-corrected chi connectivity index (χ4v) is 4.32. The van der Waals surface area contributed by atoms with Crippen molar-refractivity contribution in [1.29, 1.82) is 5.41 Å². The number of nitrogens with two attached hydrogens (primary N) is 1. The minimum Gasteiger partial charge on any atom is -0.497 e. The number of hydrogen-bond acceptors (Lipinski definition) is 6. The van der Waals surface area contributed by atoms with E-state index < -0.39 is 0 Å². The molecule has 0 aromatic carbocycles. The predicted octanol–water partition coefficient (Wildman–Crippen LogP) is 2.65. The van der Waals surface area contributed by atoms with Gasteiger partial charge in [0.25, 0.3) is 5.56 Å². The van der Waals surface area contributed by atoms with Gasteiger partial charge in [0.1, 0.15) is 18.1 Å². The predicted molar refractivity (Wildman–Crippen MR) is 144 cm³/mol. The van der Waals surface area contributed by atoms with E-state index in [-0.39, 0.29) is 23.6 Å². The quantitative estimate of drug-likeness (QED) is 0.215. The molecule has 9 heteroatoms. The Balaban J connectivity index is 1.46. The lowest BCUT2D eigenvalue weighted by atomic mass is 9.98. The maximum atomic E-state index is 13.3. The summed E-state index contributed by atoms with van der Waals surface area (Å²) in [5.41, 5.74) is 9.29. The van der Waals surface area contributed by atoms with Crippen molar-refractivity contribution >= 4 is 17.2 Å². The van der Waals surface area contributed by atoms with E-state index in [0.29, 0.717) is 31.9 Å². The SMILES string of the molecule is N=C(N)C1=CC=C(CNCCn2c(=O)c(NCCC3=CCOC=C3)cn(C3=CCCC=C3)c2=O)CC1. The van der Waals surface area contributed by atoms with E-state index in [9.17, 15) is 9.59 Å². The zero-order valence-corrected chi connectivity index (χ0v) is 20.5. The minimum atomic E-state index is -0.342. The summed E-state index contributed by atoms with van der Waals surface area (Å²) < 4.78 is 8.05. The molecule has 1 aliphatic heterocycles. The highest BCUT2D eigenvalue weighted by Gasteiger charge is 2.14. The molecule has 1 aromatic heterocycles. The zero-order valence-electron chi connectivity index (χ0n) is 20.5. The summed E-state index contributed by atoms with van der Waals surface area (Å²) in [6, 6.07) is 0. The first-order valence-electron chi connectivity index (χ1n) is 12.4. The van der Waals surface area contributed by atoms with Gasteiger partial charge < -0.3 is 21.1 Å². The van der Waals surface area contributed by atoms with E-state index in [1.54, 1.807) is 17.0 Å². The molecule has 0 unspecified atom stereocenters. The van der Waals surface area contributed by atoms with Gasteiger partial charge in [-0.05, 0) is 61.5 Å². The third-order valence-electron chi connectivity index (χ3n) is 6.42. The van der Waals surface area contributed by atoms with Gasteiger partial charge in [0.2, 0.25) is 0 Å². The molecule has 9 nitrogen and oxygen atoms in total. The van der Waals surface area contributed by atoms with Gasteiger partial charge in [-0.3, -0.25) is 19.3 Å². The van der Waals surface area contributed by atoms with Gasteiger partial charge in [-0.2, -0.15) is 0 Å². The molecule has 1 aromatic rings. The summed E-state index contributed by atoms with van der Waals surface area (Å²) in [6.07, 6.45) is 21.2. The number of rotatable bonds is 11. The van der Waals surface area contributed by atoms with Gasteiger partial charge >= 0.3 is 5.69 Å². The van der Waals surface area contributed by atoms with E-state index in [4.69, 9.17) is 15.9 Å². The van der Waals surface area contributed by atoms with E-state index >= 15 is 0 Å². The lowest BCUT2D eigenvalue weighted by Crippen LogP contribution is -2.42. The summed E-state index contributed by atoms with van der Waals surface area (Å²) in [7, 11) is 0. The third kappa shape index (κ3) is 6.42. The molecular formula is C27H34N6O3. The number of nitrogens with zero attached hydrogens (tertiary/aromatic N) is 2. The van der Waals surface area contributed by atoms with Crippen LogP contribution in [-0.2, 0) is 11.3 Å². The third-order valence-corrected chi connectivity index (χ3v) is 6.42. The van der Waals surface area contributed by atoms with Crippen LogP contribution in [0, 0.1) is 5.41 Å². The van der Waals surface area contributed by atoms with Gasteiger partial charge in [0, 0.05) is 38.1 Å². The largest absolute Gasteiger partial charge is 0.497 e. The zero-order chi connectivity index (χ0) is 25.3. The van der Waals surface area contributed by atoms with Crippen molar-refractivity contribution in [2.24, 2.45) is 5.73 Å². The number of amidine groups is 1. The van der Waals surface area contributed by atoms with Crippen LogP contribution in [0.5, 0.6) is 0 Å². The van der Waals surface area contributed by atoms with Crippen molar-refractivity contribution in [1.82, 2.24) is 14.5 Å². The highest BCUT2D eigenvalue weighted by molar-refractivity contribution is 5.94. The van der Waals surface area contributed by atoms with E-state index in [1.807, 2.05) is 42.5 Å². The van der Waals surface area contributed by atoms with Crippen LogP contribution < -0.4 is 27.6 Å². The van der Waals surface area contributed by atoms with Crippen LogP contribution in [-0.4, -0.2) is 41.2 Å². The Labute approximate surface area is 210 Å². The highest BCUT2D eigenvalue weighted by atomic mass is 16.5. The maximum Gasteiger partial charge on any atom is 0.335 e. The molecule has 2 heterocycles. The number of nitrogens with one attached hydrogen (secondary N) is 3. The Kier molecular flexibility index (Phi) is 8.57. The highest BCUT2D eigenvalue weighted by Crippen LogP contribution is 2.17. The molecule has 36 heavy (non-hydrogen) atoms. The molecule has 0 saturated carbocycles. The molecule has 0 fully saturated rings. The molecular weight excluding hydrogens is 456 g/mol. The number of allylic oxidation sites excluding steroid dienone is 7. The van der Waals surface area contributed by atoms with Crippen LogP contribution >= 0.6 is 0 Å². The molecule has 0 saturated heterocycles. The Morgan fingerprint density at radius 2 is 2.00 bits per heavy atom. The second-order valence-electron chi connectivity index (χ2n) is 8.96. The first kappa shape index (κ1) is 25.2. The second kappa shape index (κ2) is 12.2. The van der Waals surface area contributed by atoms with E-state index in [1.165, 1.54) is 10.1 Å². The first-order valence-corrected chi connectivity index (χ1v) is 12.4. The van der Waals surface area contributed by atoms with Gasteiger partial charge in [0.05, 0.1) is 6.26 Å². The second-order valence-corrected chi connectivity index (χ2v) is 8.96. The normalized spacial score (nSPS) is 17.0. The summed E-state index contributed by atoms with van der Waals surface area (Å²) >= 11 is 0. The Hall–Kier alpha value is -3.85. The van der Waals surface area contributed by atoms with Crippen LogP contribution in [0.4, 0.5) is 5.69 Å². The molecule has 0 amide bonds. The summed E-state index contributed by atoms with van der Waals surface area (Å²) in [5, 5.41) is 14.1. The van der Waals surface area contributed by atoms with E-state index in [2.05, 4.69) is 10.6 Å². The van der Waals surface area contributed by atoms with E-state index in [0.717, 1.165) is 48.9 Å². The maximum absolute atomic E-state index is 13.3. The molecule has 3 aliphatic rings. The van der Waals surface area contributed by atoms with Crippen molar-refractivity contribution in [3.05, 3.63) is 92.5 Å². The molecule has 2 aliphatic carbocycles. The molecule has 0 atom stereocenters. The van der Waals surface area contributed by atoms with Gasteiger partial charge in [-0.15, -0.1) is 0 Å². The Morgan fingerprint density at radius 1 is 1.11 bits per heavy atom. The van der Waals surface area contributed by atoms with Crippen molar-refractivity contribution in [2.45, 2.75) is 38.6 Å². The summed E-state index contributed by atoms with van der Waals surface area (Å²) in [5.74, 6) is 0.117. The molecule has 190 valence electrons. The van der Waals surface area contributed by atoms with Crippen LogP contribution in [0.1, 0.15) is 32.1 Å². The average Bonchev–Trinajstić information content (AvgIpc) is 2.91. The van der Waals surface area contributed by atoms with Gasteiger partial charge in [-0.1, -0.05) is 29.9 Å². The van der Waals surface area contributed by atoms with Crippen molar-refractivity contribution < 1.29 is 4.74 Å². The molecule has 0 radical (unpaired) electrons.